The number of aromatic nitrogens is 6. The normalized spacial score (nSPS) is 11.0. The van der Waals surface area contributed by atoms with E-state index in [4.69, 9.17) is 5.73 Å². The second kappa shape index (κ2) is 3.73. The van der Waals surface area contributed by atoms with Crippen LogP contribution in [0.4, 0.5) is 11.8 Å². The number of nitrogens with two attached hydrogens (primary N) is 1. The fraction of sp³-hybridized carbons (Fsp3) is 0.111. The van der Waals surface area contributed by atoms with Gasteiger partial charge >= 0.3 is 5.82 Å². The fourth-order valence-electron chi connectivity index (χ4n) is 1.76. The van der Waals surface area contributed by atoms with Crippen molar-refractivity contribution in [3.8, 4) is 11.5 Å². The number of aromatic amines is 1. The van der Waals surface area contributed by atoms with Gasteiger partial charge in [0.1, 0.15) is 5.52 Å². The van der Waals surface area contributed by atoms with Crippen LogP contribution in [0.25, 0.3) is 22.7 Å². The molecular formula is C9H8N8O2. The molecular weight excluding hydrogens is 252 g/mol. The number of hydrogen-bond acceptors (Lipinski definition) is 7. The van der Waals surface area contributed by atoms with Gasteiger partial charge in [-0.1, -0.05) is 0 Å². The molecule has 0 bridgehead atoms. The predicted molar refractivity (Wildman–Crippen MR) is 65.0 cm³/mol. The average molecular weight is 260 g/mol. The van der Waals surface area contributed by atoms with Crippen LogP contribution >= 0.6 is 0 Å². The molecule has 0 aliphatic heterocycles. The van der Waals surface area contributed by atoms with Crippen LogP contribution in [0.2, 0.25) is 0 Å². The summed E-state index contributed by atoms with van der Waals surface area (Å²) in [5, 5.41) is 10.9. The monoisotopic (exact) mass is 260 g/mol. The van der Waals surface area contributed by atoms with Crippen LogP contribution in [0.5, 0.6) is 0 Å². The van der Waals surface area contributed by atoms with Gasteiger partial charge in [-0.25, -0.2) is 9.97 Å². The third kappa shape index (κ3) is 1.66. The molecule has 0 unspecified atom stereocenters. The maximum Gasteiger partial charge on any atom is 0.393 e. The summed E-state index contributed by atoms with van der Waals surface area (Å²) in [5.41, 5.74) is 6.61. The molecule has 0 aliphatic rings. The molecule has 0 amide bonds. The number of nitrogen functional groups attached to an aromatic ring is 1. The molecule has 0 aromatic carbocycles. The summed E-state index contributed by atoms with van der Waals surface area (Å²) >= 11 is 0. The summed E-state index contributed by atoms with van der Waals surface area (Å²) in [4.78, 5) is 28.9. The zero-order valence-electron chi connectivity index (χ0n) is 9.73. The van der Waals surface area contributed by atoms with Crippen LogP contribution < -0.4 is 5.73 Å². The van der Waals surface area contributed by atoms with Crippen LogP contribution in [0.1, 0.15) is 0 Å². The summed E-state index contributed by atoms with van der Waals surface area (Å²) in [6, 6.07) is 0. The van der Waals surface area contributed by atoms with Crippen molar-refractivity contribution in [1.82, 2.24) is 29.5 Å². The van der Waals surface area contributed by atoms with Crippen molar-refractivity contribution in [2.24, 2.45) is 7.05 Å². The molecule has 0 aliphatic carbocycles. The molecule has 3 N–H and O–H groups in total. The van der Waals surface area contributed by atoms with Crippen molar-refractivity contribution in [3.05, 3.63) is 22.6 Å². The van der Waals surface area contributed by atoms with Crippen LogP contribution in [0.3, 0.4) is 0 Å². The first-order valence-corrected chi connectivity index (χ1v) is 5.20. The van der Waals surface area contributed by atoms with Crippen molar-refractivity contribution in [2.75, 3.05) is 5.73 Å². The molecule has 0 fully saturated rings. The first kappa shape index (κ1) is 11.1. The van der Waals surface area contributed by atoms with Gasteiger partial charge in [-0.2, -0.15) is 4.98 Å². The largest absolute Gasteiger partial charge is 0.393 e. The van der Waals surface area contributed by atoms with Crippen LogP contribution in [-0.4, -0.2) is 34.4 Å². The third-order valence-electron chi connectivity index (χ3n) is 2.57. The maximum absolute atomic E-state index is 10.9. The predicted octanol–water partition coefficient (Wildman–Crippen LogP) is 0.244. The maximum atomic E-state index is 10.9. The summed E-state index contributed by atoms with van der Waals surface area (Å²) in [6.07, 6.45) is 2.82. The quantitative estimate of drug-likeness (QED) is 0.496. The SMILES string of the molecule is Cn1cnc([N+](=O)[O-])c1-c1nc2nc(N)ncc2[nH]1. The van der Waals surface area contributed by atoms with Crippen molar-refractivity contribution < 1.29 is 4.92 Å². The van der Waals surface area contributed by atoms with E-state index in [1.807, 2.05) is 0 Å². The Hall–Kier alpha value is -3.04. The molecule has 3 heterocycles. The smallest absolute Gasteiger partial charge is 0.368 e. The molecule has 10 heteroatoms. The van der Waals surface area contributed by atoms with E-state index in [0.717, 1.165) is 0 Å². The summed E-state index contributed by atoms with van der Waals surface area (Å²) in [7, 11) is 1.64. The first-order valence-electron chi connectivity index (χ1n) is 5.20. The molecule has 0 spiro atoms. The number of nitrogens with one attached hydrogen (secondary N) is 1. The number of fused-ring (bicyclic) bond motifs is 1. The zero-order chi connectivity index (χ0) is 13.6. The summed E-state index contributed by atoms with van der Waals surface area (Å²) in [6.45, 7) is 0. The number of nitrogens with zero attached hydrogens (tertiary/aromatic N) is 6. The van der Waals surface area contributed by atoms with E-state index in [1.165, 1.54) is 17.1 Å². The van der Waals surface area contributed by atoms with E-state index in [1.54, 1.807) is 7.05 Å². The van der Waals surface area contributed by atoms with E-state index >= 15 is 0 Å². The fourth-order valence-corrected chi connectivity index (χ4v) is 1.76. The van der Waals surface area contributed by atoms with Gasteiger partial charge in [-0.05, 0) is 9.91 Å². The molecule has 3 rings (SSSR count). The van der Waals surface area contributed by atoms with Gasteiger partial charge in [-0.3, -0.25) is 0 Å². The van der Waals surface area contributed by atoms with Gasteiger partial charge in [0, 0.05) is 7.05 Å². The van der Waals surface area contributed by atoms with E-state index in [0.29, 0.717) is 17.0 Å². The minimum Gasteiger partial charge on any atom is -0.368 e. The Morgan fingerprint density at radius 2 is 2.21 bits per heavy atom. The molecule has 0 radical (unpaired) electrons. The Bertz CT molecular complexity index is 789. The lowest BCUT2D eigenvalue weighted by Crippen LogP contribution is -1.96. The second-order valence-corrected chi connectivity index (χ2v) is 3.84. The number of hydrogen-bond donors (Lipinski definition) is 2. The Morgan fingerprint density at radius 3 is 2.95 bits per heavy atom. The number of imidazole rings is 2. The standard InChI is InChI=1S/C9H8N8O2/c1-16-3-12-8(17(18)19)5(16)7-13-4-2-11-9(10)15-6(4)14-7/h2-3H,1H3,(H3,10,11,13,14,15). The summed E-state index contributed by atoms with van der Waals surface area (Å²) < 4.78 is 1.51. The Labute approximate surface area is 105 Å². The average Bonchev–Trinajstić information content (AvgIpc) is 2.91. The van der Waals surface area contributed by atoms with Gasteiger partial charge < -0.3 is 25.4 Å². The van der Waals surface area contributed by atoms with Crippen molar-refractivity contribution >= 4 is 22.9 Å². The Morgan fingerprint density at radius 1 is 1.42 bits per heavy atom. The molecule has 3 aromatic rings. The molecule has 0 saturated carbocycles. The van der Waals surface area contributed by atoms with Crippen LogP contribution in [0.15, 0.2) is 12.5 Å². The lowest BCUT2D eigenvalue weighted by Gasteiger charge is -1.96. The first-order chi connectivity index (χ1) is 9.06. The zero-order valence-corrected chi connectivity index (χ0v) is 9.73. The molecule has 10 nitrogen and oxygen atoms in total. The van der Waals surface area contributed by atoms with Crippen molar-refractivity contribution in [3.63, 3.8) is 0 Å². The Kier molecular flexibility index (Phi) is 2.17. The highest BCUT2D eigenvalue weighted by Gasteiger charge is 2.24. The lowest BCUT2D eigenvalue weighted by molar-refractivity contribution is -0.388. The molecule has 3 aromatic heterocycles. The second-order valence-electron chi connectivity index (χ2n) is 3.84. The lowest BCUT2D eigenvalue weighted by atomic mass is 10.4. The van der Waals surface area contributed by atoms with E-state index in [-0.39, 0.29) is 17.5 Å². The third-order valence-corrected chi connectivity index (χ3v) is 2.57. The van der Waals surface area contributed by atoms with Crippen molar-refractivity contribution in [2.45, 2.75) is 0 Å². The topological polar surface area (TPSA) is 141 Å². The number of aryl methyl sites for hydroxylation is 1. The number of nitro groups is 1. The van der Waals surface area contributed by atoms with Crippen LogP contribution in [0, 0.1) is 10.1 Å². The van der Waals surface area contributed by atoms with Gasteiger partial charge in [-0.15, -0.1) is 0 Å². The van der Waals surface area contributed by atoms with Gasteiger partial charge in [0.25, 0.3) is 0 Å². The highest BCUT2D eigenvalue weighted by molar-refractivity contribution is 5.76. The Balaban J connectivity index is 2.24. The van der Waals surface area contributed by atoms with E-state index < -0.39 is 4.92 Å². The van der Waals surface area contributed by atoms with E-state index in [2.05, 4.69) is 24.9 Å². The van der Waals surface area contributed by atoms with Gasteiger partial charge in [0.15, 0.2) is 17.2 Å². The number of rotatable bonds is 2. The minimum atomic E-state index is -0.567. The molecule has 0 atom stereocenters. The van der Waals surface area contributed by atoms with Crippen molar-refractivity contribution in [1.29, 1.82) is 0 Å². The van der Waals surface area contributed by atoms with Crippen LogP contribution in [-0.2, 0) is 7.05 Å². The summed E-state index contributed by atoms with van der Waals surface area (Å²) in [5.74, 6) is 0.106. The highest BCUT2D eigenvalue weighted by Crippen LogP contribution is 2.26. The highest BCUT2D eigenvalue weighted by atomic mass is 16.6. The van der Waals surface area contributed by atoms with Gasteiger partial charge in [0.2, 0.25) is 12.3 Å². The van der Waals surface area contributed by atoms with Gasteiger partial charge in [0.05, 0.1) is 6.20 Å². The van der Waals surface area contributed by atoms with E-state index in [9.17, 15) is 10.1 Å². The number of anilines is 1. The molecule has 19 heavy (non-hydrogen) atoms. The molecule has 0 saturated heterocycles. The number of H-pyrrole nitrogens is 1. The molecule has 96 valence electrons. The minimum absolute atomic E-state index is 0.0880.